The van der Waals surface area contributed by atoms with Gasteiger partial charge >= 0.3 is 39.5 Å². The molecule has 39 nitrogen and oxygen atoms in total. The Balaban J connectivity index is 1.96. The van der Waals surface area contributed by atoms with E-state index in [9.17, 15) is 129 Å². The van der Waals surface area contributed by atoms with Crippen LogP contribution in [0.5, 0.6) is 0 Å². The first kappa shape index (κ1) is 102. The van der Waals surface area contributed by atoms with Crippen molar-refractivity contribution in [3.05, 3.63) is 0 Å². The fraction of sp³-hybridized carbons (Fsp3) is 0.917. The summed E-state index contributed by atoms with van der Waals surface area (Å²) in [5, 5.41) is 159. The number of phosphoric ester groups is 2. The van der Waals surface area contributed by atoms with Crippen molar-refractivity contribution in [3.8, 4) is 0 Å². The largest absolute Gasteiger partial charge is 0.477 e. The molecule has 4 aliphatic heterocycles. The molecule has 41 heteroatoms. The van der Waals surface area contributed by atoms with Gasteiger partial charge in [0.2, 0.25) is 11.8 Å². The first-order valence-electron chi connectivity index (χ1n) is 40.0. The maximum atomic E-state index is 14.5. The average molecular weight is 1680 g/mol. The van der Waals surface area contributed by atoms with Crippen molar-refractivity contribution < 1.29 is 181 Å². The number of esters is 2. The number of carbonyl (C=O) groups excluding carboxylic acids is 4. The molecule has 0 aromatic rings. The maximum absolute atomic E-state index is 14.5. The van der Waals surface area contributed by atoms with Crippen molar-refractivity contribution in [3.63, 3.8) is 0 Å². The van der Waals surface area contributed by atoms with Gasteiger partial charge in [-0.3, -0.25) is 28.2 Å². The Bertz CT molecular complexity index is 2870. The fourth-order valence-electron chi connectivity index (χ4n) is 14.1. The first-order chi connectivity index (χ1) is 53.4. The van der Waals surface area contributed by atoms with Gasteiger partial charge < -0.3 is 144 Å². The lowest BCUT2D eigenvalue weighted by Crippen LogP contribution is -2.69. The smallest absolute Gasteiger partial charge is 0.472 e. The van der Waals surface area contributed by atoms with Crippen molar-refractivity contribution in [1.29, 1.82) is 0 Å². The lowest BCUT2D eigenvalue weighted by atomic mass is 9.90. The van der Waals surface area contributed by atoms with Crippen molar-refractivity contribution >= 4 is 51.3 Å². The minimum atomic E-state index is -6.08. The van der Waals surface area contributed by atoms with Crippen LogP contribution in [0.15, 0.2) is 0 Å². The molecular weight excluding hydrogens is 1550 g/mol. The molecule has 0 aliphatic carbocycles. The number of carboxylic acids is 2. The van der Waals surface area contributed by atoms with Crippen LogP contribution in [0.3, 0.4) is 0 Å². The standard InChI is InChI=1S/C72H130N2O37P2/c1-5-9-13-17-19-23-27-29-43(77)33-53(84)73-57-65(105-55(86)35-45(79)31-25-21-15-11-7-3)61(90)51(103-68(57)111-113(98,99)100)41-101-67-58(74-54(85)34-44(78)30-28-24-20-18-14-10-6-2)66(106-56(87)36-46(80)32-26-22-16-12-8-4)64(110-112(95,96)97)52(104-67)42-102-71(69(91)92)38-50(60(89)63(108-71)49(83)40-76)107-72(70(93)94)37-47(81)59(88)62(109-72)48(82)39-75/h43-52,57-68,75-83,88-90H,5-42H2,1-4H3,(H,73,84)(H,74,85)(H,91,92)(H,93,94)(H2,95,96,97)(H2,98,99,100)/t43-,44-,45-,46-,47-,48-,49-,50-,51-,52-,57-,58-,59-,60-,61-,62-,63-,64-,65-,66-,67-,68-,71-,72-/m1/s1. The predicted octanol–water partition coefficient (Wildman–Crippen LogP) is 1.53. The summed E-state index contributed by atoms with van der Waals surface area (Å²) >= 11 is 0. The number of hydrogen-bond donors (Lipinski definition) is 20. The molecule has 4 heterocycles. The van der Waals surface area contributed by atoms with Crippen LogP contribution in [-0.2, 0) is 89.6 Å². The molecule has 20 N–H and O–H groups in total. The van der Waals surface area contributed by atoms with Crippen LogP contribution in [-0.4, -0.2) is 299 Å². The Hall–Kier alpha value is -3.72. The monoisotopic (exact) mass is 1680 g/mol. The highest BCUT2D eigenvalue weighted by atomic mass is 31.2. The second kappa shape index (κ2) is 51.7. The van der Waals surface area contributed by atoms with Gasteiger partial charge in [0, 0.05) is 12.8 Å². The van der Waals surface area contributed by atoms with Crippen molar-refractivity contribution in [2.24, 2.45) is 0 Å². The molecule has 0 radical (unpaired) electrons. The molecule has 0 saturated carbocycles. The van der Waals surface area contributed by atoms with Crippen LogP contribution in [0.1, 0.15) is 246 Å². The first-order valence-corrected chi connectivity index (χ1v) is 43.0. The van der Waals surface area contributed by atoms with Crippen LogP contribution in [0.25, 0.3) is 0 Å². The molecule has 4 aliphatic rings. The van der Waals surface area contributed by atoms with E-state index in [4.69, 9.17) is 51.7 Å². The van der Waals surface area contributed by atoms with Crippen molar-refractivity contribution in [2.75, 3.05) is 26.4 Å². The van der Waals surface area contributed by atoms with E-state index >= 15 is 0 Å². The van der Waals surface area contributed by atoms with Crippen LogP contribution in [0, 0.1) is 0 Å². The van der Waals surface area contributed by atoms with Crippen LogP contribution >= 0.6 is 15.6 Å². The number of aliphatic hydroxyl groups excluding tert-OH is 12. The number of carboxylic acid groups (broad SMARTS) is 2. The predicted molar refractivity (Wildman–Crippen MR) is 392 cm³/mol. The molecule has 4 saturated heterocycles. The van der Waals surface area contributed by atoms with Gasteiger partial charge in [-0.25, -0.2) is 18.7 Å². The molecule has 113 heavy (non-hydrogen) atoms. The van der Waals surface area contributed by atoms with Gasteiger partial charge in [-0.05, 0) is 25.7 Å². The quantitative estimate of drug-likeness (QED) is 0.0233. The summed E-state index contributed by atoms with van der Waals surface area (Å²) in [5.41, 5.74) is 0. The molecule has 4 rings (SSSR count). The topological polar surface area (TPSA) is 626 Å². The number of carbonyl (C=O) groups is 6. The molecule has 660 valence electrons. The normalized spacial score (nSPS) is 30.0. The summed E-state index contributed by atoms with van der Waals surface area (Å²) in [4.78, 5) is 126. The maximum Gasteiger partial charge on any atom is 0.472 e. The van der Waals surface area contributed by atoms with Gasteiger partial charge in [0.15, 0.2) is 24.8 Å². The van der Waals surface area contributed by atoms with Gasteiger partial charge in [0.1, 0.15) is 73.1 Å². The molecule has 0 aromatic heterocycles. The summed E-state index contributed by atoms with van der Waals surface area (Å²) in [5.74, 6) is -16.1. The molecule has 4 fully saturated rings. The van der Waals surface area contributed by atoms with E-state index in [1.165, 1.54) is 0 Å². The van der Waals surface area contributed by atoms with Crippen LogP contribution < -0.4 is 10.6 Å². The number of ether oxygens (including phenoxy) is 9. The number of aliphatic carboxylic acids is 2. The molecule has 0 bridgehead atoms. The number of aliphatic hydroxyl groups is 12. The second-order valence-corrected chi connectivity index (χ2v) is 32.4. The molecule has 0 unspecified atom stereocenters. The number of nitrogens with one attached hydrogen (secondary N) is 2. The van der Waals surface area contributed by atoms with E-state index in [1.54, 1.807) is 0 Å². The lowest BCUT2D eigenvalue weighted by Gasteiger charge is -2.50. The number of rotatable bonds is 58. The summed E-state index contributed by atoms with van der Waals surface area (Å²) in [6, 6.07) is -4.33. The van der Waals surface area contributed by atoms with Gasteiger partial charge in [-0.15, -0.1) is 0 Å². The molecule has 0 aromatic carbocycles. The minimum absolute atomic E-state index is 0.0116. The van der Waals surface area contributed by atoms with Crippen molar-refractivity contribution in [2.45, 2.75) is 392 Å². The zero-order valence-electron chi connectivity index (χ0n) is 65.3. The number of hydrogen-bond acceptors (Lipinski definition) is 31. The molecule has 2 amide bonds. The van der Waals surface area contributed by atoms with Gasteiger partial charge in [-0.1, -0.05) is 182 Å². The number of amides is 2. The third kappa shape index (κ3) is 35.2. The highest BCUT2D eigenvalue weighted by Gasteiger charge is 2.63. The van der Waals surface area contributed by atoms with Gasteiger partial charge in [-0.2, -0.15) is 0 Å². The highest BCUT2D eigenvalue weighted by Crippen LogP contribution is 2.46. The summed E-state index contributed by atoms with van der Waals surface area (Å²) in [6.07, 6.45) is -29.6. The lowest BCUT2D eigenvalue weighted by molar-refractivity contribution is -0.378. The Kier molecular flexibility index (Phi) is 46.5. The van der Waals surface area contributed by atoms with Crippen molar-refractivity contribution in [1.82, 2.24) is 10.6 Å². The van der Waals surface area contributed by atoms with E-state index in [2.05, 4.69) is 17.6 Å². The Labute approximate surface area is 658 Å². The SMILES string of the molecule is CCCCCCCCC[C@@H](O)CC(=O)N[C@H]1[C@H](OC[C@H]2O[C@H](OP(=O)(O)O)[C@H](NC(=O)C[C@H](O)CCCCCCCCC)[C@@H](OC(=O)C[C@H](O)CCCCCCC)[C@@H]2O)O[C@H](CO[C@]2(C(=O)O)C[C@@H](O[C@]3(C(=O)O)C[C@@H](O)[C@@H](O)[C@@H]([C@H](O)CO)O3)[C@@H](O)[C@@H]([C@H](O)CO)O2)[C@@H](OP(=O)(O)O)[C@@H]1OC(=O)C[C@H](O)CCCCCCC. The summed E-state index contributed by atoms with van der Waals surface area (Å²) < 4.78 is 89.9. The van der Waals surface area contributed by atoms with Crippen LogP contribution in [0.2, 0.25) is 0 Å². The van der Waals surface area contributed by atoms with E-state index in [-0.39, 0.29) is 25.7 Å². The van der Waals surface area contributed by atoms with E-state index in [1.807, 2.05) is 20.8 Å². The number of phosphoric acid groups is 2. The van der Waals surface area contributed by atoms with E-state index in [0.717, 1.165) is 103 Å². The van der Waals surface area contributed by atoms with Gasteiger partial charge in [0.05, 0.1) is 88.7 Å². The number of unbranched alkanes of at least 4 members (excludes halogenated alkanes) is 20. The summed E-state index contributed by atoms with van der Waals surface area (Å²) in [6.45, 7) is 2.66. The van der Waals surface area contributed by atoms with Crippen LogP contribution in [0.4, 0.5) is 0 Å². The van der Waals surface area contributed by atoms with E-state index in [0.29, 0.717) is 51.4 Å². The molecular formula is C72H130N2O37P2. The Morgan fingerprint density at radius 3 is 1.25 bits per heavy atom. The second-order valence-electron chi connectivity index (χ2n) is 30.0. The third-order valence-corrected chi connectivity index (χ3v) is 21.3. The highest BCUT2D eigenvalue weighted by molar-refractivity contribution is 7.46. The zero-order valence-corrected chi connectivity index (χ0v) is 67.1. The van der Waals surface area contributed by atoms with E-state index < -0.39 is 262 Å². The molecule has 0 spiro atoms. The fourth-order valence-corrected chi connectivity index (χ4v) is 15.1. The Morgan fingerprint density at radius 2 is 0.832 bits per heavy atom. The third-order valence-electron chi connectivity index (χ3n) is 20.3. The molecule has 24 atom stereocenters. The summed E-state index contributed by atoms with van der Waals surface area (Å²) in [7, 11) is -11.9. The minimum Gasteiger partial charge on any atom is -0.477 e. The Morgan fingerprint density at radius 1 is 0.451 bits per heavy atom. The average Bonchev–Trinajstić information content (AvgIpc) is 0.598. The zero-order chi connectivity index (χ0) is 84.2. The van der Waals surface area contributed by atoms with Gasteiger partial charge in [0.25, 0.3) is 11.6 Å².